The van der Waals surface area contributed by atoms with Crippen molar-refractivity contribution in [3.8, 4) is 5.75 Å². The Kier molecular flexibility index (Phi) is 5.48. The molecule has 2 amide bonds. The summed E-state index contributed by atoms with van der Waals surface area (Å²) in [6.45, 7) is 0.272. The first-order chi connectivity index (χ1) is 10.7. The maximum atomic E-state index is 12.0. The molecule has 0 spiro atoms. The van der Waals surface area contributed by atoms with Gasteiger partial charge < -0.3 is 15.4 Å². The first-order valence-electron chi connectivity index (χ1n) is 6.77. The van der Waals surface area contributed by atoms with Crippen molar-refractivity contribution in [2.45, 2.75) is 6.54 Å². The molecule has 22 heavy (non-hydrogen) atoms. The average molecular weight is 299 g/mol. The number of rotatable bonds is 6. The number of methoxy groups -OCH3 is 1. The largest absolute Gasteiger partial charge is 0.496 e. The number of para-hydroxylation sites is 1. The summed E-state index contributed by atoms with van der Waals surface area (Å²) in [5.41, 5.74) is 1.29. The number of carbonyl (C=O) groups is 2. The first-order valence-corrected chi connectivity index (χ1v) is 6.77. The average Bonchev–Trinajstić information content (AvgIpc) is 2.58. The van der Waals surface area contributed by atoms with E-state index < -0.39 is 0 Å². The second-order valence-electron chi connectivity index (χ2n) is 4.52. The summed E-state index contributed by atoms with van der Waals surface area (Å²) >= 11 is 0. The molecule has 0 bridgehead atoms. The fraction of sp³-hybridized carbons (Fsp3) is 0.188. The Morgan fingerprint density at radius 3 is 2.68 bits per heavy atom. The number of amides is 2. The maximum Gasteiger partial charge on any atom is 0.255 e. The summed E-state index contributed by atoms with van der Waals surface area (Å²) in [5, 5.41) is 5.27. The zero-order valence-electron chi connectivity index (χ0n) is 12.2. The predicted molar refractivity (Wildman–Crippen MR) is 81.4 cm³/mol. The van der Waals surface area contributed by atoms with E-state index in [0.717, 1.165) is 5.56 Å². The molecule has 1 aromatic heterocycles. The van der Waals surface area contributed by atoms with Crippen LogP contribution in [-0.4, -0.2) is 30.5 Å². The Hall–Kier alpha value is -2.89. The molecule has 2 N–H and O–H groups in total. The molecule has 1 aromatic carbocycles. The van der Waals surface area contributed by atoms with Gasteiger partial charge in [-0.1, -0.05) is 18.2 Å². The Balaban J connectivity index is 1.82. The smallest absolute Gasteiger partial charge is 0.255 e. The molecule has 6 heteroatoms. The standard InChI is InChI=1S/C16H17N3O3/c1-22-14-7-3-2-6-13(14)16(21)19-11-15(20)18-10-12-5-4-8-17-9-12/h2-9H,10-11H2,1H3,(H,18,20)(H,19,21). The third-order valence-corrected chi connectivity index (χ3v) is 2.97. The van der Waals surface area contributed by atoms with Crippen molar-refractivity contribution in [1.82, 2.24) is 15.6 Å². The van der Waals surface area contributed by atoms with Crippen LogP contribution in [-0.2, 0) is 11.3 Å². The van der Waals surface area contributed by atoms with Crippen LogP contribution in [0.5, 0.6) is 5.75 Å². The number of nitrogens with one attached hydrogen (secondary N) is 2. The highest BCUT2D eigenvalue weighted by atomic mass is 16.5. The van der Waals surface area contributed by atoms with E-state index in [2.05, 4.69) is 15.6 Å². The van der Waals surface area contributed by atoms with Crippen molar-refractivity contribution in [1.29, 1.82) is 0 Å². The molecule has 0 atom stereocenters. The molecule has 2 rings (SSSR count). The van der Waals surface area contributed by atoms with Crippen molar-refractivity contribution >= 4 is 11.8 Å². The second-order valence-corrected chi connectivity index (χ2v) is 4.52. The van der Waals surface area contributed by atoms with E-state index >= 15 is 0 Å². The van der Waals surface area contributed by atoms with E-state index in [9.17, 15) is 9.59 Å². The monoisotopic (exact) mass is 299 g/mol. The predicted octanol–water partition coefficient (Wildman–Crippen LogP) is 1.14. The number of nitrogens with zero attached hydrogens (tertiary/aromatic N) is 1. The van der Waals surface area contributed by atoms with E-state index in [1.54, 1.807) is 42.7 Å². The summed E-state index contributed by atoms with van der Waals surface area (Å²) < 4.78 is 5.11. The van der Waals surface area contributed by atoms with Crippen molar-refractivity contribution < 1.29 is 14.3 Å². The molecule has 1 heterocycles. The molecule has 0 aliphatic rings. The van der Waals surface area contributed by atoms with E-state index in [-0.39, 0.29) is 18.4 Å². The summed E-state index contributed by atoms with van der Waals surface area (Å²) in [4.78, 5) is 27.7. The maximum absolute atomic E-state index is 12.0. The quantitative estimate of drug-likeness (QED) is 0.838. The minimum Gasteiger partial charge on any atom is -0.496 e. The van der Waals surface area contributed by atoms with Gasteiger partial charge in [0.15, 0.2) is 0 Å². The molecule has 0 saturated heterocycles. The minimum absolute atomic E-state index is 0.100. The Labute approximate surface area is 128 Å². The molecular weight excluding hydrogens is 282 g/mol. The lowest BCUT2D eigenvalue weighted by Crippen LogP contribution is -2.36. The van der Waals surface area contributed by atoms with Crippen LogP contribution in [0.4, 0.5) is 0 Å². The van der Waals surface area contributed by atoms with Crippen molar-refractivity contribution in [3.63, 3.8) is 0 Å². The number of pyridine rings is 1. The van der Waals surface area contributed by atoms with Gasteiger partial charge in [-0.3, -0.25) is 14.6 Å². The van der Waals surface area contributed by atoms with Crippen LogP contribution < -0.4 is 15.4 Å². The number of hydrogen-bond donors (Lipinski definition) is 2. The van der Waals surface area contributed by atoms with Gasteiger partial charge in [0.1, 0.15) is 5.75 Å². The summed E-state index contributed by atoms with van der Waals surface area (Å²) in [6.07, 6.45) is 3.34. The normalized spacial score (nSPS) is 9.86. The Morgan fingerprint density at radius 2 is 1.95 bits per heavy atom. The Morgan fingerprint density at radius 1 is 1.14 bits per heavy atom. The number of benzene rings is 1. The molecule has 0 unspecified atom stereocenters. The summed E-state index contributed by atoms with van der Waals surface area (Å²) in [6, 6.07) is 10.5. The van der Waals surface area contributed by atoms with Crippen LogP contribution in [0.25, 0.3) is 0 Å². The molecule has 0 saturated carbocycles. The zero-order chi connectivity index (χ0) is 15.8. The molecule has 0 fully saturated rings. The van der Waals surface area contributed by atoms with Crippen LogP contribution in [0.1, 0.15) is 15.9 Å². The molecule has 0 radical (unpaired) electrons. The Bertz CT molecular complexity index is 644. The van der Waals surface area contributed by atoms with Crippen molar-refractivity contribution in [2.75, 3.05) is 13.7 Å². The molecule has 0 aliphatic heterocycles. The van der Waals surface area contributed by atoms with Crippen LogP contribution in [0.15, 0.2) is 48.8 Å². The molecular formula is C16H17N3O3. The van der Waals surface area contributed by atoms with Crippen LogP contribution >= 0.6 is 0 Å². The number of hydrogen-bond acceptors (Lipinski definition) is 4. The third-order valence-electron chi connectivity index (χ3n) is 2.97. The highest BCUT2D eigenvalue weighted by Gasteiger charge is 2.12. The third kappa shape index (κ3) is 4.31. The number of aromatic nitrogens is 1. The highest BCUT2D eigenvalue weighted by molar-refractivity contribution is 5.98. The van der Waals surface area contributed by atoms with Gasteiger partial charge in [0.2, 0.25) is 5.91 Å². The first kappa shape index (κ1) is 15.5. The van der Waals surface area contributed by atoms with Gasteiger partial charge in [0.25, 0.3) is 5.91 Å². The number of ether oxygens (including phenoxy) is 1. The molecule has 2 aromatic rings. The van der Waals surface area contributed by atoms with Crippen molar-refractivity contribution in [2.24, 2.45) is 0 Å². The SMILES string of the molecule is COc1ccccc1C(=O)NCC(=O)NCc1cccnc1. The van der Waals surface area contributed by atoms with Gasteiger partial charge in [-0.2, -0.15) is 0 Å². The summed E-state index contributed by atoms with van der Waals surface area (Å²) in [7, 11) is 1.49. The van der Waals surface area contributed by atoms with Crippen LogP contribution in [0, 0.1) is 0 Å². The van der Waals surface area contributed by atoms with E-state index in [1.165, 1.54) is 7.11 Å². The second kappa shape index (κ2) is 7.78. The van der Waals surface area contributed by atoms with Gasteiger partial charge >= 0.3 is 0 Å². The lowest BCUT2D eigenvalue weighted by molar-refractivity contribution is -0.120. The molecule has 114 valence electrons. The lowest BCUT2D eigenvalue weighted by Gasteiger charge is -2.09. The topological polar surface area (TPSA) is 80.3 Å². The highest BCUT2D eigenvalue weighted by Crippen LogP contribution is 2.16. The van der Waals surface area contributed by atoms with E-state index in [4.69, 9.17) is 4.74 Å². The van der Waals surface area contributed by atoms with Gasteiger partial charge in [-0.15, -0.1) is 0 Å². The van der Waals surface area contributed by atoms with Gasteiger partial charge in [-0.25, -0.2) is 0 Å². The van der Waals surface area contributed by atoms with Crippen LogP contribution in [0.3, 0.4) is 0 Å². The van der Waals surface area contributed by atoms with E-state index in [1.807, 2.05) is 6.07 Å². The van der Waals surface area contributed by atoms with E-state index in [0.29, 0.717) is 17.9 Å². The minimum atomic E-state index is -0.353. The van der Waals surface area contributed by atoms with Crippen molar-refractivity contribution in [3.05, 3.63) is 59.9 Å². The number of carbonyl (C=O) groups excluding carboxylic acids is 2. The zero-order valence-corrected chi connectivity index (χ0v) is 12.2. The fourth-order valence-corrected chi connectivity index (χ4v) is 1.85. The summed E-state index contributed by atoms with van der Waals surface area (Å²) in [5.74, 6) is -0.156. The van der Waals surface area contributed by atoms with Gasteiger partial charge in [0.05, 0.1) is 19.2 Å². The van der Waals surface area contributed by atoms with Crippen LogP contribution in [0.2, 0.25) is 0 Å². The molecule has 6 nitrogen and oxygen atoms in total. The van der Waals surface area contributed by atoms with Gasteiger partial charge in [0, 0.05) is 18.9 Å². The lowest BCUT2D eigenvalue weighted by atomic mass is 10.2. The fourth-order valence-electron chi connectivity index (χ4n) is 1.85. The molecule has 0 aliphatic carbocycles. The van der Waals surface area contributed by atoms with Gasteiger partial charge in [-0.05, 0) is 23.8 Å².